The third-order valence-corrected chi connectivity index (χ3v) is 9.73. The zero-order valence-electron chi connectivity index (χ0n) is 31.4. The van der Waals surface area contributed by atoms with Crippen LogP contribution in [0, 0.1) is 5.92 Å². The van der Waals surface area contributed by atoms with Crippen molar-refractivity contribution in [2.45, 2.75) is 51.0 Å². The summed E-state index contributed by atoms with van der Waals surface area (Å²) in [5.41, 5.74) is 10.1. The van der Waals surface area contributed by atoms with E-state index >= 15 is 0 Å². The van der Waals surface area contributed by atoms with E-state index in [-0.39, 0.29) is 19.1 Å². The number of benzene rings is 3. The summed E-state index contributed by atoms with van der Waals surface area (Å²) >= 11 is 1.57. The van der Waals surface area contributed by atoms with Gasteiger partial charge < -0.3 is 50.1 Å². The normalized spacial score (nSPS) is 16.5. The molecule has 1 spiro atoms. The van der Waals surface area contributed by atoms with Crippen LogP contribution in [0.5, 0.6) is 11.5 Å². The molecule has 3 aromatic rings. The Labute approximate surface area is 321 Å². The fourth-order valence-electron chi connectivity index (χ4n) is 6.54. The number of carbonyl (C=O) groups excluding carboxylic acids is 3. The molecular weight excluding hydrogens is 713 g/mol. The monoisotopic (exact) mass is 764 g/mol. The second-order valence-corrected chi connectivity index (χ2v) is 14.5. The number of carbonyl (C=O) groups is 3. The summed E-state index contributed by atoms with van der Waals surface area (Å²) in [6, 6.07) is 17.4. The van der Waals surface area contributed by atoms with Gasteiger partial charge in [-0.3, -0.25) is 14.4 Å². The fraction of sp³-hybridized carbons (Fsp3) is 0.475. The van der Waals surface area contributed by atoms with Gasteiger partial charge in [0.05, 0.1) is 46.2 Å². The predicted molar refractivity (Wildman–Crippen MR) is 208 cm³/mol. The number of methoxy groups -OCH3 is 1. The number of nitrogen functional groups attached to an aromatic ring is 1. The van der Waals surface area contributed by atoms with Crippen LogP contribution in [-0.2, 0) is 50.3 Å². The van der Waals surface area contributed by atoms with Crippen LogP contribution < -0.4 is 26.4 Å². The number of thioether (sulfide) groups is 1. The van der Waals surface area contributed by atoms with E-state index in [9.17, 15) is 14.4 Å². The smallest absolute Gasteiger partial charge is 0.246 e. The quantitative estimate of drug-likeness (QED) is 0.0884. The van der Waals surface area contributed by atoms with E-state index in [2.05, 4.69) is 28.1 Å². The Hall–Kier alpha value is -4.18. The fourth-order valence-corrected chi connectivity index (χ4v) is 7.02. The molecule has 0 radical (unpaired) electrons. The largest absolute Gasteiger partial charge is 0.456 e. The number of ether oxygens (including phenoxy) is 6. The molecule has 14 heteroatoms. The highest BCUT2D eigenvalue weighted by molar-refractivity contribution is 7.98. The van der Waals surface area contributed by atoms with E-state index in [1.54, 1.807) is 31.0 Å². The van der Waals surface area contributed by atoms with Crippen LogP contribution in [0.4, 0.5) is 11.4 Å². The van der Waals surface area contributed by atoms with Gasteiger partial charge in [-0.1, -0.05) is 38.1 Å². The molecule has 5 N–H and O–H groups in total. The highest BCUT2D eigenvalue weighted by Gasteiger charge is 2.49. The summed E-state index contributed by atoms with van der Waals surface area (Å²) in [5.74, 6) is 0.536. The lowest BCUT2D eigenvalue weighted by Crippen LogP contribution is -2.53. The first-order chi connectivity index (χ1) is 26.2. The van der Waals surface area contributed by atoms with E-state index in [1.165, 1.54) is 0 Å². The lowest BCUT2D eigenvalue weighted by Gasteiger charge is -2.37. The lowest BCUT2D eigenvalue weighted by molar-refractivity contribution is -0.133. The number of hydrogen-bond donors (Lipinski definition) is 4. The first kappa shape index (κ1) is 41.0. The molecule has 2 heterocycles. The zero-order chi connectivity index (χ0) is 38.5. The van der Waals surface area contributed by atoms with Gasteiger partial charge in [0.2, 0.25) is 17.7 Å². The summed E-state index contributed by atoms with van der Waals surface area (Å²) in [6.45, 7) is 6.47. The molecule has 2 aliphatic heterocycles. The van der Waals surface area contributed by atoms with Crippen LogP contribution in [0.1, 0.15) is 48.9 Å². The van der Waals surface area contributed by atoms with Crippen molar-refractivity contribution in [2.24, 2.45) is 5.92 Å². The minimum atomic E-state index is -0.904. The first-order valence-electron chi connectivity index (χ1n) is 18.2. The molecule has 0 aliphatic carbocycles. The molecule has 0 saturated heterocycles. The zero-order valence-corrected chi connectivity index (χ0v) is 32.3. The number of hydrogen-bond acceptors (Lipinski definition) is 11. The van der Waals surface area contributed by atoms with Gasteiger partial charge in [0.1, 0.15) is 30.2 Å². The van der Waals surface area contributed by atoms with Crippen LogP contribution in [0.2, 0.25) is 0 Å². The van der Waals surface area contributed by atoms with E-state index < -0.39 is 35.4 Å². The van der Waals surface area contributed by atoms with Gasteiger partial charge in [0.15, 0.2) is 5.60 Å². The van der Waals surface area contributed by atoms with Crippen LogP contribution in [-0.4, -0.2) is 95.2 Å². The third-order valence-electron chi connectivity index (χ3n) is 9.09. The minimum absolute atomic E-state index is 0.0926. The number of anilines is 2. The van der Waals surface area contributed by atoms with E-state index in [0.717, 1.165) is 22.3 Å². The molecule has 0 fully saturated rings. The summed E-state index contributed by atoms with van der Waals surface area (Å²) in [6.07, 6.45) is 2.69. The van der Waals surface area contributed by atoms with Gasteiger partial charge in [-0.2, -0.15) is 11.8 Å². The number of nitrogens with two attached hydrogens (primary N) is 1. The standard InChI is InChI=1S/C40H52N4O9S/c1-26(2)21-34(43-37(45)25-51-19-18-50-17-16-49-15-14-48-3)39(47)44-33(13-20-54-4)38(46)42-29-10-12-32-36(23-29)53-35-22-28(41)9-11-31(35)40(32)30-8-6-5-7-27(30)24-52-40/h5-12,22-23,26,33-34H,13-21,24-25,41H2,1-4H3,(H,42,46)(H,43,45)(H,44,47)/t33-,34-,40?/m0/s1. The first-order valence-corrected chi connectivity index (χ1v) is 19.6. The van der Waals surface area contributed by atoms with Crippen molar-refractivity contribution in [3.8, 4) is 11.5 Å². The molecule has 5 rings (SSSR count). The Bertz CT molecular complexity index is 1740. The summed E-state index contributed by atoms with van der Waals surface area (Å²) < 4.78 is 34.2. The van der Waals surface area contributed by atoms with E-state index in [1.807, 2.05) is 56.5 Å². The maximum Gasteiger partial charge on any atom is 0.246 e. The Kier molecular flexibility index (Phi) is 15.1. The Morgan fingerprint density at radius 2 is 1.52 bits per heavy atom. The molecule has 3 aromatic carbocycles. The highest BCUT2D eigenvalue weighted by atomic mass is 32.2. The van der Waals surface area contributed by atoms with Crippen molar-refractivity contribution in [1.29, 1.82) is 0 Å². The molecule has 0 aromatic heterocycles. The van der Waals surface area contributed by atoms with Gasteiger partial charge >= 0.3 is 0 Å². The Morgan fingerprint density at radius 3 is 2.24 bits per heavy atom. The highest BCUT2D eigenvalue weighted by Crippen LogP contribution is 2.56. The minimum Gasteiger partial charge on any atom is -0.456 e. The van der Waals surface area contributed by atoms with Crippen LogP contribution in [0.3, 0.4) is 0 Å². The van der Waals surface area contributed by atoms with Crippen molar-refractivity contribution in [2.75, 3.05) is 76.4 Å². The van der Waals surface area contributed by atoms with E-state index in [4.69, 9.17) is 34.2 Å². The second-order valence-electron chi connectivity index (χ2n) is 13.5. The molecule has 13 nitrogen and oxygen atoms in total. The number of nitrogens with one attached hydrogen (secondary N) is 3. The molecule has 54 heavy (non-hydrogen) atoms. The average molecular weight is 765 g/mol. The Balaban J connectivity index is 1.23. The van der Waals surface area contributed by atoms with Gasteiger partial charge in [-0.15, -0.1) is 0 Å². The maximum atomic E-state index is 13.8. The van der Waals surface area contributed by atoms with Crippen molar-refractivity contribution >= 4 is 40.9 Å². The van der Waals surface area contributed by atoms with Crippen molar-refractivity contribution in [3.05, 3.63) is 82.9 Å². The topological polar surface area (TPSA) is 169 Å². The van der Waals surface area contributed by atoms with E-state index in [0.29, 0.717) is 81.1 Å². The Morgan fingerprint density at radius 1 is 0.833 bits per heavy atom. The molecule has 2 aliphatic rings. The van der Waals surface area contributed by atoms with Gasteiger partial charge in [-0.25, -0.2) is 0 Å². The lowest BCUT2D eigenvalue weighted by atomic mass is 9.77. The van der Waals surface area contributed by atoms with Crippen molar-refractivity contribution in [1.82, 2.24) is 10.6 Å². The summed E-state index contributed by atoms with van der Waals surface area (Å²) in [5, 5.41) is 8.66. The van der Waals surface area contributed by atoms with Crippen molar-refractivity contribution < 1.29 is 42.8 Å². The predicted octanol–water partition coefficient (Wildman–Crippen LogP) is 4.60. The van der Waals surface area contributed by atoms with Crippen LogP contribution in [0.25, 0.3) is 0 Å². The summed E-state index contributed by atoms with van der Waals surface area (Å²) in [4.78, 5) is 40.2. The molecule has 0 bridgehead atoms. The molecular formula is C40H52N4O9S. The molecule has 0 saturated carbocycles. The van der Waals surface area contributed by atoms with Gasteiger partial charge in [0.25, 0.3) is 0 Å². The van der Waals surface area contributed by atoms with Gasteiger partial charge in [0, 0.05) is 41.7 Å². The molecule has 3 atom stereocenters. The SMILES string of the molecule is COCCOCCOCCOCC(=O)N[C@@H](CC(C)C)C(=O)N[C@@H](CCSC)C(=O)Nc1ccc2c(c1)Oc1cc(N)ccc1C21OCc2ccccc21. The average Bonchev–Trinajstić information content (AvgIpc) is 3.53. The van der Waals surface area contributed by atoms with Crippen LogP contribution >= 0.6 is 11.8 Å². The van der Waals surface area contributed by atoms with Crippen molar-refractivity contribution in [3.63, 3.8) is 0 Å². The number of fused-ring (bicyclic) bond motifs is 6. The number of amides is 3. The number of rotatable bonds is 21. The van der Waals surface area contributed by atoms with Crippen LogP contribution in [0.15, 0.2) is 60.7 Å². The molecule has 292 valence electrons. The van der Waals surface area contributed by atoms with Gasteiger partial charge in [-0.05, 0) is 66.2 Å². The summed E-state index contributed by atoms with van der Waals surface area (Å²) in [7, 11) is 1.61. The molecule has 3 amide bonds. The third kappa shape index (κ3) is 10.3. The molecule has 1 unspecified atom stereocenters. The maximum absolute atomic E-state index is 13.8. The second kappa shape index (κ2) is 19.9.